The van der Waals surface area contributed by atoms with Gasteiger partial charge in [0.1, 0.15) is 10.7 Å². The Morgan fingerprint density at radius 1 is 1.43 bits per heavy atom. The number of nitrogens with two attached hydrogens (primary N) is 1. The molecule has 0 spiro atoms. The largest absolute Gasteiger partial charge is 0.462 e. The molecule has 21 heavy (non-hydrogen) atoms. The monoisotopic (exact) mass is 327 g/mol. The second kappa shape index (κ2) is 6.45. The van der Waals surface area contributed by atoms with E-state index < -0.39 is 11.8 Å². The molecule has 2 rings (SSSR count). The van der Waals surface area contributed by atoms with Gasteiger partial charge in [0, 0.05) is 15.5 Å². The van der Waals surface area contributed by atoms with Crippen LogP contribution in [-0.2, 0) is 11.2 Å². The van der Waals surface area contributed by atoms with Gasteiger partial charge in [0.05, 0.1) is 12.3 Å². The van der Waals surface area contributed by atoms with E-state index in [4.69, 9.17) is 22.1 Å². The normalized spacial score (nSPS) is 10.7. The van der Waals surface area contributed by atoms with Crippen LogP contribution in [0.5, 0.6) is 0 Å². The van der Waals surface area contributed by atoms with Crippen LogP contribution in [0.4, 0.5) is 10.1 Å². The Labute approximate surface area is 131 Å². The maximum absolute atomic E-state index is 14.1. The highest BCUT2D eigenvalue weighted by atomic mass is 35.5. The fourth-order valence-electron chi connectivity index (χ4n) is 2.07. The summed E-state index contributed by atoms with van der Waals surface area (Å²) in [5, 5.41) is 0.429. The molecule has 1 heterocycles. The van der Waals surface area contributed by atoms with Gasteiger partial charge in [-0.05, 0) is 37.1 Å². The summed E-state index contributed by atoms with van der Waals surface area (Å²) in [4.78, 5) is 12.9. The maximum Gasteiger partial charge on any atom is 0.350 e. The lowest BCUT2D eigenvalue weighted by atomic mass is 10.1. The van der Waals surface area contributed by atoms with E-state index in [2.05, 4.69) is 0 Å². The van der Waals surface area contributed by atoms with Gasteiger partial charge in [-0.1, -0.05) is 18.5 Å². The van der Waals surface area contributed by atoms with Gasteiger partial charge >= 0.3 is 5.97 Å². The van der Waals surface area contributed by atoms with E-state index in [0.29, 0.717) is 32.4 Å². The molecule has 6 heteroatoms. The summed E-state index contributed by atoms with van der Waals surface area (Å²) < 4.78 is 19.0. The van der Waals surface area contributed by atoms with Gasteiger partial charge < -0.3 is 10.5 Å². The molecule has 0 aliphatic rings. The van der Waals surface area contributed by atoms with Crippen LogP contribution in [0.15, 0.2) is 18.2 Å². The Hall–Kier alpha value is -1.59. The molecule has 2 N–H and O–H groups in total. The third kappa shape index (κ3) is 3.04. The maximum atomic E-state index is 14.1. The first kappa shape index (κ1) is 15.8. The average Bonchev–Trinajstić information content (AvgIpc) is 2.78. The van der Waals surface area contributed by atoms with Gasteiger partial charge in [-0.15, -0.1) is 11.3 Å². The molecule has 0 atom stereocenters. The van der Waals surface area contributed by atoms with Gasteiger partial charge in [0.15, 0.2) is 0 Å². The summed E-state index contributed by atoms with van der Waals surface area (Å²) in [5.41, 5.74) is 7.48. The van der Waals surface area contributed by atoms with Gasteiger partial charge in [-0.25, -0.2) is 9.18 Å². The summed E-state index contributed by atoms with van der Waals surface area (Å²) in [7, 11) is 0. The van der Waals surface area contributed by atoms with Crippen molar-refractivity contribution in [3.05, 3.63) is 39.5 Å². The molecule has 0 unspecified atom stereocenters. The van der Waals surface area contributed by atoms with Crippen molar-refractivity contribution in [2.45, 2.75) is 20.3 Å². The first-order chi connectivity index (χ1) is 9.99. The molecule has 3 nitrogen and oxygen atoms in total. The second-order valence-electron chi connectivity index (χ2n) is 4.35. The van der Waals surface area contributed by atoms with Crippen molar-refractivity contribution in [3.8, 4) is 10.4 Å². The minimum absolute atomic E-state index is 0.262. The molecule has 0 aliphatic carbocycles. The Bertz CT molecular complexity index is 685. The van der Waals surface area contributed by atoms with Crippen molar-refractivity contribution in [1.82, 2.24) is 0 Å². The minimum atomic E-state index is -0.483. The Morgan fingerprint density at radius 3 is 2.76 bits per heavy atom. The molecule has 2 aromatic rings. The predicted octanol–water partition coefficient (Wildman–Crippen LogP) is 4.53. The van der Waals surface area contributed by atoms with E-state index in [1.807, 2.05) is 6.92 Å². The zero-order valence-electron chi connectivity index (χ0n) is 11.7. The SMILES string of the molecule is CCOC(=O)c1sc(-c2cc(Cl)ccc2F)c(CC)c1N. The molecule has 112 valence electrons. The van der Waals surface area contributed by atoms with Crippen molar-refractivity contribution in [2.75, 3.05) is 12.3 Å². The van der Waals surface area contributed by atoms with E-state index >= 15 is 0 Å². The van der Waals surface area contributed by atoms with Gasteiger partial charge in [-0.2, -0.15) is 0 Å². The van der Waals surface area contributed by atoms with Crippen LogP contribution < -0.4 is 5.73 Å². The average molecular weight is 328 g/mol. The lowest BCUT2D eigenvalue weighted by Crippen LogP contribution is -2.05. The Kier molecular flexibility index (Phi) is 4.85. The molecule has 0 saturated heterocycles. The number of nitrogen functional groups attached to an aromatic ring is 1. The zero-order valence-corrected chi connectivity index (χ0v) is 13.3. The van der Waals surface area contributed by atoms with Gasteiger partial charge in [0.25, 0.3) is 0 Å². The van der Waals surface area contributed by atoms with Crippen molar-refractivity contribution in [1.29, 1.82) is 0 Å². The highest BCUT2D eigenvalue weighted by molar-refractivity contribution is 7.18. The van der Waals surface area contributed by atoms with Crippen LogP contribution in [-0.4, -0.2) is 12.6 Å². The quantitative estimate of drug-likeness (QED) is 0.839. The first-order valence-electron chi connectivity index (χ1n) is 6.53. The van der Waals surface area contributed by atoms with E-state index in [-0.39, 0.29) is 6.61 Å². The number of carbonyl (C=O) groups excluding carboxylic acids is 1. The number of carbonyl (C=O) groups is 1. The van der Waals surface area contributed by atoms with E-state index in [1.165, 1.54) is 18.2 Å². The summed E-state index contributed by atoms with van der Waals surface area (Å²) in [6.45, 7) is 3.89. The molecule has 0 radical (unpaired) electrons. The van der Waals surface area contributed by atoms with Crippen LogP contribution in [0.2, 0.25) is 5.02 Å². The van der Waals surface area contributed by atoms with Crippen molar-refractivity contribution < 1.29 is 13.9 Å². The number of benzene rings is 1. The highest BCUT2D eigenvalue weighted by Crippen LogP contribution is 2.41. The lowest BCUT2D eigenvalue weighted by molar-refractivity contribution is 0.0533. The molecule has 0 bridgehead atoms. The van der Waals surface area contributed by atoms with Crippen LogP contribution in [0.1, 0.15) is 29.1 Å². The van der Waals surface area contributed by atoms with Crippen LogP contribution in [0.3, 0.4) is 0 Å². The lowest BCUT2D eigenvalue weighted by Gasteiger charge is -2.04. The molecular formula is C15H15ClFNO2S. The summed E-state index contributed by atoms with van der Waals surface area (Å²) in [6, 6.07) is 4.32. The molecule has 0 fully saturated rings. The third-order valence-corrected chi connectivity index (χ3v) is 4.53. The molecule has 0 aliphatic heterocycles. The predicted molar refractivity (Wildman–Crippen MR) is 84.5 cm³/mol. The first-order valence-corrected chi connectivity index (χ1v) is 7.72. The number of rotatable bonds is 4. The summed E-state index contributed by atoms with van der Waals surface area (Å²) in [6.07, 6.45) is 0.586. The van der Waals surface area contributed by atoms with E-state index in [9.17, 15) is 9.18 Å². The van der Waals surface area contributed by atoms with Crippen molar-refractivity contribution in [2.24, 2.45) is 0 Å². The molecule has 0 amide bonds. The van der Waals surface area contributed by atoms with Gasteiger partial charge in [-0.3, -0.25) is 0 Å². The minimum Gasteiger partial charge on any atom is -0.462 e. The Balaban J connectivity index is 2.61. The number of hydrogen-bond donors (Lipinski definition) is 1. The van der Waals surface area contributed by atoms with Crippen LogP contribution in [0, 0.1) is 5.82 Å². The summed E-state index contributed by atoms with van der Waals surface area (Å²) >= 11 is 7.07. The number of halogens is 2. The van der Waals surface area contributed by atoms with Crippen molar-refractivity contribution >= 4 is 34.6 Å². The van der Waals surface area contributed by atoms with Crippen molar-refractivity contribution in [3.63, 3.8) is 0 Å². The standard InChI is InChI=1S/C15H15ClFNO2S/c1-3-9-12(18)14(15(19)20-4-2)21-13(9)10-7-8(16)5-6-11(10)17/h5-7H,3-4,18H2,1-2H3. The topological polar surface area (TPSA) is 52.3 Å². The summed E-state index contributed by atoms with van der Waals surface area (Å²) in [5.74, 6) is -0.880. The fourth-order valence-corrected chi connectivity index (χ4v) is 3.46. The van der Waals surface area contributed by atoms with Gasteiger partial charge in [0.2, 0.25) is 0 Å². The fraction of sp³-hybridized carbons (Fsp3) is 0.267. The molecule has 0 saturated carbocycles. The number of anilines is 1. The smallest absolute Gasteiger partial charge is 0.350 e. The number of hydrogen-bond acceptors (Lipinski definition) is 4. The number of esters is 1. The van der Waals surface area contributed by atoms with E-state index in [1.54, 1.807) is 6.92 Å². The molecule has 1 aromatic heterocycles. The number of ether oxygens (including phenoxy) is 1. The zero-order chi connectivity index (χ0) is 15.6. The highest BCUT2D eigenvalue weighted by Gasteiger charge is 2.23. The van der Waals surface area contributed by atoms with E-state index in [0.717, 1.165) is 16.9 Å². The molecular weight excluding hydrogens is 313 g/mol. The molecule has 1 aromatic carbocycles. The third-order valence-electron chi connectivity index (χ3n) is 3.04. The second-order valence-corrected chi connectivity index (χ2v) is 5.81. The van der Waals surface area contributed by atoms with Crippen LogP contribution in [0.25, 0.3) is 10.4 Å². The van der Waals surface area contributed by atoms with Crippen LogP contribution >= 0.6 is 22.9 Å². The Morgan fingerprint density at radius 2 is 2.14 bits per heavy atom. The number of thiophene rings is 1.